The molecule has 0 bridgehead atoms. The molecule has 2 aromatic rings. The number of hydrogen-bond donors (Lipinski definition) is 0. The van der Waals surface area contributed by atoms with Gasteiger partial charge >= 0.3 is 0 Å². The van der Waals surface area contributed by atoms with E-state index in [1.807, 2.05) is 0 Å². The van der Waals surface area contributed by atoms with E-state index in [1.54, 1.807) is 5.57 Å². The van der Waals surface area contributed by atoms with Crippen molar-refractivity contribution in [3.63, 3.8) is 0 Å². The van der Waals surface area contributed by atoms with Crippen molar-refractivity contribution in [2.24, 2.45) is 10.8 Å². The van der Waals surface area contributed by atoms with E-state index in [-0.39, 0.29) is 19.5 Å². The Morgan fingerprint density at radius 2 is 1.26 bits per heavy atom. The second kappa shape index (κ2) is 4.32. The fourth-order valence-corrected chi connectivity index (χ4v) is 6.19. The van der Waals surface area contributed by atoms with Gasteiger partial charge in [-0.15, -0.1) is 0 Å². The van der Waals surface area contributed by atoms with Crippen LogP contribution in [0.4, 0.5) is 0 Å². The first kappa shape index (κ1) is 15.9. The van der Waals surface area contributed by atoms with Gasteiger partial charge in [0.1, 0.15) is 3.23 Å². The number of rotatable bonds is 1. The lowest BCUT2D eigenvalue weighted by molar-refractivity contribution is 0.457. The van der Waals surface area contributed by atoms with Gasteiger partial charge in [0.2, 0.25) is 0 Å². The minimum atomic E-state index is -0.115. The second-order valence-electron chi connectivity index (χ2n) is 8.26. The van der Waals surface area contributed by atoms with Gasteiger partial charge in [-0.05, 0) is 39.7 Å². The summed E-state index contributed by atoms with van der Waals surface area (Å²) in [4.78, 5) is 0. The van der Waals surface area contributed by atoms with Gasteiger partial charge in [-0.3, -0.25) is 0 Å². The van der Waals surface area contributed by atoms with Crippen LogP contribution in [0.15, 0.2) is 53.6 Å². The van der Waals surface area contributed by atoms with Gasteiger partial charge in [0.15, 0.2) is 0 Å². The minimum Gasteiger partial charge on any atom is -0.0664 e. The van der Waals surface area contributed by atoms with Gasteiger partial charge < -0.3 is 0 Å². The Kier molecular flexibility index (Phi) is 2.99. The summed E-state index contributed by atoms with van der Waals surface area (Å²) >= 11 is 7.96. The van der Waals surface area contributed by atoms with Crippen molar-refractivity contribution in [3.8, 4) is 0 Å². The van der Waals surface area contributed by atoms with Crippen molar-refractivity contribution in [1.29, 1.82) is 0 Å². The van der Waals surface area contributed by atoms with E-state index in [1.165, 1.54) is 21.9 Å². The molecule has 2 aliphatic carbocycles. The Bertz CT molecular complexity index is 854. The molecule has 23 heavy (non-hydrogen) atoms. The highest BCUT2D eigenvalue weighted by Crippen LogP contribution is 2.81. The largest absolute Gasteiger partial charge is 0.116 e. The van der Waals surface area contributed by atoms with Crippen LogP contribution in [-0.4, -0.2) is 3.23 Å². The van der Waals surface area contributed by atoms with E-state index in [2.05, 4.69) is 109 Å². The summed E-state index contributed by atoms with van der Waals surface area (Å²) in [6.45, 7) is 11.8. The number of alkyl halides is 2. The predicted octanol–water partition coefficient (Wildman–Crippen LogP) is 6.96. The maximum atomic E-state index is 3.98. The van der Waals surface area contributed by atoms with E-state index in [0.29, 0.717) is 0 Å². The lowest BCUT2D eigenvalue weighted by Gasteiger charge is -2.13. The fraction of sp³-hybridized carbons (Fsp3) is 0.429. The topological polar surface area (TPSA) is 0 Å². The number of hydrogen-bond acceptors (Lipinski definition) is 0. The monoisotopic (exact) mass is 432 g/mol. The second-order valence-corrected chi connectivity index (χ2v) is 11.7. The van der Waals surface area contributed by atoms with Crippen LogP contribution >= 0.6 is 31.9 Å². The molecule has 2 fully saturated rings. The molecule has 2 aliphatic rings. The van der Waals surface area contributed by atoms with Gasteiger partial charge in [0.25, 0.3) is 0 Å². The van der Waals surface area contributed by atoms with Crippen LogP contribution in [-0.2, 0) is 5.41 Å². The van der Waals surface area contributed by atoms with Crippen LogP contribution in [0.3, 0.4) is 0 Å². The van der Waals surface area contributed by atoms with E-state index in [0.717, 1.165) is 0 Å². The third-order valence-corrected chi connectivity index (χ3v) is 9.09. The van der Waals surface area contributed by atoms with E-state index < -0.39 is 0 Å². The number of allylic oxidation sites excluding steroid dienone is 2. The molecule has 0 N–H and O–H groups in total. The highest BCUT2D eigenvalue weighted by atomic mass is 79.9. The molecule has 0 spiro atoms. The van der Waals surface area contributed by atoms with E-state index in [4.69, 9.17) is 0 Å². The standard InChI is InChI=1S/C21H22Br2/c1-18(2)16(19(18,3)4)17-20(5,21(17,22)23)15-11-10-13-8-6-7-9-14(13)12-15/h6-12H,1-5H3. The average Bonchev–Trinajstić information content (AvgIpc) is 3.10. The number of benzene rings is 2. The Balaban J connectivity index is 1.90. The predicted molar refractivity (Wildman–Crippen MR) is 106 cm³/mol. The molecule has 120 valence electrons. The van der Waals surface area contributed by atoms with Gasteiger partial charge in [0, 0.05) is 5.41 Å². The molecule has 2 saturated carbocycles. The van der Waals surface area contributed by atoms with Gasteiger partial charge in [-0.2, -0.15) is 0 Å². The van der Waals surface area contributed by atoms with Gasteiger partial charge in [-0.1, -0.05) is 108 Å². The first-order valence-electron chi connectivity index (χ1n) is 8.19. The molecule has 0 heterocycles. The molecule has 0 radical (unpaired) electrons. The van der Waals surface area contributed by atoms with Crippen LogP contribution in [0.1, 0.15) is 40.2 Å². The molecule has 0 aliphatic heterocycles. The number of fused-ring (bicyclic) bond motifs is 1. The van der Waals surface area contributed by atoms with Crippen LogP contribution in [0, 0.1) is 10.8 Å². The Morgan fingerprint density at radius 3 is 1.83 bits per heavy atom. The van der Waals surface area contributed by atoms with Crippen molar-refractivity contribution in [2.75, 3.05) is 0 Å². The SMILES string of the molecule is CC1(C)C(=C2C(Br)(Br)C2(C)c2ccc3ccccc3c2)C1(C)C. The fourth-order valence-electron chi connectivity index (χ4n) is 4.34. The number of halogens is 2. The summed E-state index contributed by atoms with van der Waals surface area (Å²) in [7, 11) is 0. The zero-order chi connectivity index (χ0) is 16.8. The zero-order valence-electron chi connectivity index (χ0n) is 14.3. The quantitative estimate of drug-likeness (QED) is 0.336. The normalized spacial score (nSPS) is 29.7. The molecule has 4 rings (SSSR count). The lowest BCUT2D eigenvalue weighted by Crippen LogP contribution is -2.08. The van der Waals surface area contributed by atoms with Crippen molar-refractivity contribution < 1.29 is 0 Å². The molecular weight excluding hydrogens is 412 g/mol. The zero-order valence-corrected chi connectivity index (χ0v) is 17.5. The Labute approximate surface area is 155 Å². The molecule has 0 saturated heterocycles. The smallest absolute Gasteiger partial charge is 0.0664 e. The molecule has 0 amide bonds. The molecule has 0 aromatic heterocycles. The summed E-state index contributed by atoms with van der Waals surface area (Å²) in [5.41, 5.74) is 5.08. The van der Waals surface area contributed by atoms with Crippen molar-refractivity contribution in [2.45, 2.75) is 43.3 Å². The van der Waals surface area contributed by atoms with E-state index in [9.17, 15) is 0 Å². The third kappa shape index (κ3) is 1.77. The maximum Gasteiger partial charge on any atom is 0.116 e. The first-order valence-corrected chi connectivity index (χ1v) is 9.78. The first-order chi connectivity index (χ1) is 10.6. The summed E-state index contributed by atoms with van der Waals surface area (Å²) in [5.74, 6) is 0. The molecule has 2 heteroatoms. The third-order valence-electron chi connectivity index (χ3n) is 6.71. The van der Waals surface area contributed by atoms with Crippen LogP contribution in [0.5, 0.6) is 0 Å². The van der Waals surface area contributed by atoms with Crippen molar-refractivity contribution in [1.82, 2.24) is 0 Å². The van der Waals surface area contributed by atoms with Gasteiger partial charge in [-0.25, -0.2) is 0 Å². The van der Waals surface area contributed by atoms with E-state index >= 15 is 0 Å². The lowest BCUT2D eigenvalue weighted by atomic mass is 9.94. The minimum absolute atomic E-state index is 0.0113. The van der Waals surface area contributed by atoms with Crippen molar-refractivity contribution in [3.05, 3.63) is 59.2 Å². The van der Waals surface area contributed by atoms with Crippen LogP contribution < -0.4 is 0 Å². The Hall–Kier alpha value is -0.600. The highest BCUT2D eigenvalue weighted by molar-refractivity contribution is 9.26. The molecule has 0 nitrogen and oxygen atoms in total. The maximum absolute atomic E-state index is 3.98. The summed E-state index contributed by atoms with van der Waals surface area (Å²) in [6.07, 6.45) is 0. The molecule has 2 aromatic carbocycles. The summed E-state index contributed by atoms with van der Waals surface area (Å²) in [5, 5.41) is 2.61. The Morgan fingerprint density at radius 1 is 0.696 bits per heavy atom. The molecular formula is C21H22Br2. The van der Waals surface area contributed by atoms with Gasteiger partial charge in [0.05, 0.1) is 0 Å². The summed E-state index contributed by atoms with van der Waals surface area (Å²) in [6, 6.07) is 15.5. The molecule has 1 atom stereocenters. The van der Waals surface area contributed by atoms with Crippen molar-refractivity contribution >= 4 is 42.6 Å². The van der Waals surface area contributed by atoms with Crippen LogP contribution in [0.25, 0.3) is 10.8 Å². The highest BCUT2D eigenvalue weighted by Gasteiger charge is 2.75. The average molecular weight is 434 g/mol. The van der Waals surface area contributed by atoms with Crippen LogP contribution in [0.2, 0.25) is 0 Å². The molecule has 1 unspecified atom stereocenters. The summed E-state index contributed by atoms with van der Waals surface area (Å²) < 4.78 is -0.115.